The van der Waals surface area contributed by atoms with Crippen LogP contribution in [0.3, 0.4) is 0 Å². The molecule has 0 radical (unpaired) electrons. The van der Waals surface area contributed by atoms with Gasteiger partial charge in [-0.25, -0.2) is 9.97 Å². The molecule has 5 nitrogen and oxygen atoms in total. The molecule has 0 bridgehead atoms. The van der Waals surface area contributed by atoms with Gasteiger partial charge in [-0.05, 0) is 26.7 Å². The van der Waals surface area contributed by atoms with Crippen LogP contribution < -0.4 is 10.6 Å². The third kappa shape index (κ3) is 3.30. The second-order valence-corrected chi connectivity index (χ2v) is 4.48. The Morgan fingerprint density at radius 3 is 2.82 bits per heavy atom. The lowest BCUT2D eigenvalue weighted by Crippen LogP contribution is -2.32. The predicted octanol–water partition coefficient (Wildman–Crippen LogP) is 1.81. The van der Waals surface area contributed by atoms with Crippen LogP contribution in [0.25, 0.3) is 0 Å². The molecule has 1 fully saturated rings. The van der Waals surface area contributed by atoms with Gasteiger partial charge in [0.1, 0.15) is 17.5 Å². The molecule has 1 aromatic rings. The lowest BCUT2D eigenvalue weighted by Gasteiger charge is -2.28. The predicted molar refractivity (Wildman–Crippen MR) is 68.4 cm³/mol. The second-order valence-electron chi connectivity index (χ2n) is 4.48. The van der Waals surface area contributed by atoms with Crippen molar-refractivity contribution in [1.82, 2.24) is 9.97 Å². The number of aryl methyl sites for hydroxylation is 1. The van der Waals surface area contributed by atoms with Gasteiger partial charge in [-0.15, -0.1) is 0 Å². The molecule has 0 aromatic carbocycles. The molecule has 1 aliphatic heterocycles. The zero-order chi connectivity index (χ0) is 12.3. The SMILES string of the molecule is CNc1cc(NC2CCOC(C)C2)nc(C)n1. The van der Waals surface area contributed by atoms with E-state index in [4.69, 9.17) is 4.74 Å². The van der Waals surface area contributed by atoms with Gasteiger partial charge in [-0.1, -0.05) is 0 Å². The number of nitrogens with zero attached hydrogens (tertiary/aromatic N) is 2. The molecule has 94 valence electrons. The summed E-state index contributed by atoms with van der Waals surface area (Å²) < 4.78 is 5.53. The lowest BCUT2D eigenvalue weighted by molar-refractivity contribution is 0.0232. The van der Waals surface area contributed by atoms with E-state index in [9.17, 15) is 0 Å². The van der Waals surface area contributed by atoms with Gasteiger partial charge >= 0.3 is 0 Å². The van der Waals surface area contributed by atoms with Crippen molar-refractivity contribution in [2.24, 2.45) is 0 Å². The highest BCUT2D eigenvalue weighted by Crippen LogP contribution is 2.18. The molecule has 1 aromatic heterocycles. The molecule has 2 unspecified atom stereocenters. The first-order chi connectivity index (χ1) is 8.17. The highest BCUT2D eigenvalue weighted by molar-refractivity contribution is 5.47. The van der Waals surface area contributed by atoms with Crippen molar-refractivity contribution in [2.45, 2.75) is 38.8 Å². The van der Waals surface area contributed by atoms with Crippen LogP contribution in [0.1, 0.15) is 25.6 Å². The molecule has 5 heteroatoms. The van der Waals surface area contributed by atoms with Gasteiger partial charge in [-0.3, -0.25) is 0 Å². The summed E-state index contributed by atoms with van der Waals surface area (Å²) >= 11 is 0. The minimum Gasteiger partial charge on any atom is -0.378 e. The molecule has 0 aliphatic carbocycles. The lowest BCUT2D eigenvalue weighted by atomic mass is 10.0. The molecule has 0 amide bonds. The van der Waals surface area contributed by atoms with Gasteiger partial charge in [-0.2, -0.15) is 0 Å². The number of hydrogen-bond acceptors (Lipinski definition) is 5. The molecular formula is C12H20N4O. The zero-order valence-corrected chi connectivity index (χ0v) is 10.7. The maximum atomic E-state index is 5.53. The van der Waals surface area contributed by atoms with Gasteiger partial charge in [0.05, 0.1) is 6.10 Å². The summed E-state index contributed by atoms with van der Waals surface area (Å²) in [5.41, 5.74) is 0. The van der Waals surface area contributed by atoms with Crippen LogP contribution in [0, 0.1) is 6.92 Å². The van der Waals surface area contributed by atoms with Crippen molar-refractivity contribution in [3.05, 3.63) is 11.9 Å². The summed E-state index contributed by atoms with van der Waals surface area (Å²) in [4.78, 5) is 8.67. The Bertz CT molecular complexity index is 383. The normalized spacial score (nSPS) is 24.4. The monoisotopic (exact) mass is 236 g/mol. The van der Waals surface area contributed by atoms with Crippen LogP contribution in [0.5, 0.6) is 0 Å². The number of anilines is 2. The average Bonchev–Trinajstić information content (AvgIpc) is 2.28. The van der Waals surface area contributed by atoms with Crippen molar-refractivity contribution in [2.75, 3.05) is 24.3 Å². The van der Waals surface area contributed by atoms with E-state index in [2.05, 4.69) is 27.5 Å². The fourth-order valence-corrected chi connectivity index (χ4v) is 2.11. The largest absolute Gasteiger partial charge is 0.378 e. The summed E-state index contributed by atoms with van der Waals surface area (Å²) in [5, 5.41) is 6.49. The second kappa shape index (κ2) is 5.31. The quantitative estimate of drug-likeness (QED) is 0.838. The van der Waals surface area contributed by atoms with Gasteiger partial charge in [0.25, 0.3) is 0 Å². The maximum absolute atomic E-state index is 5.53. The van der Waals surface area contributed by atoms with E-state index in [1.165, 1.54) is 0 Å². The first kappa shape index (κ1) is 12.1. The zero-order valence-electron chi connectivity index (χ0n) is 10.7. The molecule has 1 saturated heterocycles. The number of ether oxygens (including phenoxy) is 1. The molecule has 1 aliphatic rings. The van der Waals surface area contributed by atoms with E-state index in [0.717, 1.165) is 36.9 Å². The first-order valence-corrected chi connectivity index (χ1v) is 6.09. The standard InChI is InChI=1S/C12H20N4O/c1-8-6-10(4-5-17-8)16-12-7-11(13-3)14-9(2)15-12/h7-8,10H,4-6H2,1-3H3,(H2,13,14,15,16). The molecule has 0 saturated carbocycles. The maximum Gasteiger partial charge on any atom is 0.132 e. The van der Waals surface area contributed by atoms with Crippen molar-refractivity contribution < 1.29 is 4.74 Å². The van der Waals surface area contributed by atoms with E-state index in [0.29, 0.717) is 12.1 Å². The topological polar surface area (TPSA) is 59.1 Å². The molecular weight excluding hydrogens is 216 g/mol. The van der Waals surface area contributed by atoms with Gasteiger partial charge < -0.3 is 15.4 Å². The molecule has 17 heavy (non-hydrogen) atoms. The van der Waals surface area contributed by atoms with E-state index in [1.807, 2.05) is 20.0 Å². The van der Waals surface area contributed by atoms with E-state index < -0.39 is 0 Å². The Morgan fingerprint density at radius 2 is 2.12 bits per heavy atom. The fourth-order valence-electron chi connectivity index (χ4n) is 2.11. The van der Waals surface area contributed by atoms with Crippen molar-refractivity contribution in [1.29, 1.82) is 0 Å². The Hall–Kier alpha value is -1.36. The summed E-state index contributed by atoms with van der Waals surface area (Å²) in [5.74, 6) is 2.51. The van der Waals surface area contributed by atoms with Crippen molar-refractivity contribution in [3.63, 3.8) is 0 Å². The third-order valence-corrected chi connectivity index (χ3v) is 2.93. The summed E-state index contributed by atoms with van der Waals surface area (Å²) in [6, 6.07) is 2.38. The van der Waals surface area contributed by atoms with Crippen LogP contribution >= 0.6 is 0 Å². The Balaban J connectivity index is 2.04. The van der Waals surface area contributed by atoms with E-state index in [-0.39, 0.29) is 0 Å². The molecule has 2 N–H and O–H groups in total. The molecule has 2 heterocycles. The summed E-state index contributed by atoms with van der Waals surface area (Å²) in [6.07, 6.45) is 2.38. The number of hydrogen-bond donors (Lipinski definition) is 2. The van der Waals surface area contributed by atoms with Crippen LogP contribution in [-0.2, 0) is 4.74 Å². The minimum atomic E-state index is 0.327. The Labute approximate surface area is 102 Å². The molecule has 2 atom stereocenters. The average molecular weight is 236 g/mol. The Morgan fingerprint density at radius 1 is 1.35 bits per heavy atom. The van der Waals surface area contributed by atoms with E-state index in [1.54, 1.807) is 0 Å². The highest BCUT2D eigenvalue weighted by atomic mass is 16.5. The van der Waals surface area contributed by atoms with Crippen LogP contribution in [0.4, 0.5) is 11.6 Å². The summed E-state index contributed by atoms with van der Waals surface area (Å²) in [6.45, 7) is 4.83. The smallest absolute Gasteiger partial charge is 0.132 e. The van der Waals surface area contributed by atoms with Crippen LogP contribution in [0.15, 0.2) is 6.07 Å². The third-order valence-electron chi connectivity index (χ3n) is 2.93. The van der Waals surface area contributed by atoms with Gasteiger partial charge in [0.2, 0.25) is 0 Å². The number of nitrogens with one attached hydrogen (secondary N) is 2. The van der Waals surface area contributed by atoms with Crippen molar-refractivity contribution in [3.8, 4) is 0 Å². The van der Waals surface area contributed by atoms with E-state index >= 15 is 0 Å². The number of aromatic nitrogens is 2. The Kier molecular flexibility index (Phi) is 3.78. The summed E-state index contributed by atoms with van der Waals surface area (Å²) in [7, 11) is 1.86. The van der Waals surface area contributed by atoms with Crippen LogP contribution in [0.2, 0.25) is 0 Å². The first-order valence-electron chi connectivity index (χ1n) is 6.09. The fraction of sp³-hybridized carbons (Fsp3) is 0.667. The van der Waals surface area contributed by atoms with Crippen LogP contribution in [-0.4, -0.2) is 35.8 Å². The van der Waals surface area contributed by atoms with Gasteiger partial charge in [0, 0.05) is 25.8 Å². The number of rotatable bonds is 3. The van der Waals surface area contributed by atoms with Crippen molar-refractivity contribution >= 4 is 11.6 Å². The highest BCUT2D eigenvalue weighted by Gasteiger charge is 2.19. The molecule has 2 rings (SSSR count). The van der Waals surface area contributed by atoms with Gasteiger partial charge in [0.15, 0.2) is 0 Å². The minimum absolute atomic E-state index is 0.327. The molecule has 0 spiro atoms.